The van der Waals surface area contributed by atoms with Crippen LogP contribution in [-0.4, -0.2) is 21.9 Å². The maximum absolute atomic E-state index is 5.17. The van der Waals surface area contributed by atoms with Crippen LogP contribution in [0.5, 0.6) is 5.75 Å². The normalized spacial score (nSPS) is 12.7. The van der Waals surface area contributed by atoms with Crippen LogP contribution in [-0.2, 0) is 6.54 Å². The summed E-state index contributed by atoms with van der Waals surface area (Å²) in [7, 11) is 1.68. The average Bonchev–Trinajstić information content (AvgIpc) is 2.93. The Balaban J connectivity index is 1.97. The summed E-state index contributed by atoms with van der Waals surface area (Å²) >= 11 is 0. The predicted octanol–water partition coefficient (Wildman–Crippen LogP) is 2.72. The molecule has 1 atom stereocenters. The van der Waals surface area contributed by atoms with Gasteiger partial charge in [0.05, 0.1) is 13.7 Å². The minimum atomic E-state index is 0.248. The van der Waals surface area contributed by atoms with Crippen molar-refractivity contribution in [2.24, 2.45) is 0 Å². The van der Waals surface area contributed by atoms with Crippen molar-refractivity contribution >= 4 is 0 Å². The van der Waals surface area contributed by atoms with Gasteiger partial charge in [-0.15, -0.1) is 0 Å². The number of aromatic nitrogens is 3. The third-order valence-electron chi connectivity index (χ3n) is 3.32. The zero-order valence-corrected chi connectivity index (χ0v) is 12.5. The molecule has 5 heteroatoms. The molecule has 2 aromatic rings. The van der Waals surface area contributed by atoms with Crippen molar-refractivity contribution in [2.45, 2.75) is 39.4 Å². The molecule has 0 spiro atoms. The van der Waals surface area contributed by atoms with Gasteiger partial charge < -0.3 is 10.1 Å². The molecule has 0 aliphatic heterocycles. The zero-order chi connectivity index (χ0) is 14.5. The lowest BCUT2D eigenvalue weighted by Gasteiger charge is -2.15. The van der Waals surface area contributed by atoms with E-state index >= 15 is 0 Å². The van der Waals surface area contributed by atoms with E-state index in [9.17, 15) is 0 Å². The highest BCUT2D eigenvalue weighted by Crippen LogP contribution is 2.17. The fourth-order valence-electron chi connectivity index (χ4n) is 2.09. The van der Waals surface area contributed by atoms with Crippen molar-refractivity contribution in [1.82, 2.24) is 20.1 Å². The van der Waals surface area contributed by atoms with Gasteiger partial charge in [0.1, 0.15) is 17.9 Å². The van der Waals surface area contributed by atoms with E-state index in [1.54, 1.807) is 13.4 Å². The molecule has 0 aliphatic carbocycles. The van der Waals surface area contributed by atoms with Crippen LogP contribution in [0, 0.1) is 0 Å². The van der Waals surface area contributed by atoms with Crippen LogP contribution in [0.4, 0.5) is 0 Å². The molecule has 0 saturated heterocycles. The maximum Gasteiger partial charge on any atom is 0.141 e. The van der Waals surface area contributed by atoms with Gasteiger partial charge >= 0.3 is 0 Å². The predicted molar refractivity (Wildman–Crippen MR) is 78.7 cm³/mol. The monoisotopic (exact) mass is 274 g/mol. The van der Waals surface area contributed by atoms with Crippen LogP contribution in [0.2, 0.25) is 0 Å². The lowest BCUT2D eigenvalue weighted by molar-refractivity contribution is 0.414. The van der Waals surface area contributed by atoms with Gasteiger partial charge in [-0.3, -0.25) is 0 Å². The van der Waals surface area contributed by atoms with Crippen LogP contribution < -0.4 is 10.1 Å². The Morgan fingerprint density at radius 3 is 2.50 bits per heavy atom. The Kier molecular flexibility index (Phi) is 4.74. The third kappa shape index (κ3) is 3.36. The van der Waals surface area contributed by atoms with Crippen molar-refractivity contribution in [3.63, 3.8) is 0 Å². The molecule has 0 saturated carbocycles. The largest absolute Gasteiger partial charge is 0.497 e. The van der Waals surface area contributed by atoms with E-state index in [1.165, 1.54) is 5.56 Å². The van der Waals surface area contributed by atoms with Gasteiger partial charge in [0.25, 0.3) is 0 Å². The average molecular weight is 274 g/mol. The molecule has 0 fully saturated rings. The minimum Gasteiger partial charge on any atom is -0.497 e. The summed E-state index contributed by atoms with van der Waals surface area (Å²) < 4.78 is 7.11. The first-order valence-corrected chi connectivity index (χ1v) is 6.87. The van der Waals surface area contributed by atoms with Crippen LogP contribution >= 0.6 is 0 Å². The van der Waals surface area contributed by atoms with E-state index < -0.39 is 0 Å². The van der Waals surface area contributed by atoms with E-state index in [0.29, 0.717) is 12.6 Å². The molecular formula is C15H22N4O. The van der Waals surface area contributed by atoms with E-state index in [4.69, 9.17) is 4.74 Å². The minimum absolute atomic E-state index is 0.248. The maximum atomic E-state index is 5.17. The number of benzene rings is 1. The van der Waals surface area contributed by atoms with Gasteiger partial charge in [0.15, 0.2) is 0 Å². The second kappa shape index (κ2) is 6.52. The number of methoxy groups -OCH3 is 1. The molecule has 1 heterocycles. The molecule has 1 N–H and O–H groups in total. The lowest BCUT2D eigenvalue weighted by Crippen LogP contribution is -2.21. The molecule has 1 aromatic heterocycles. The van der Waals surface area contributed by atoms with Crippen LogP contribution in [0.15, 0.2) is 30.6 Å². The Bertz CT molecular complexity index is 533. The smallest absolute Gasteiger partial charge is 0.141 e. The standard InChI is InChI=1S/C15H22N4O/c1-11(2)19-15(17-10-18-19)9-16-12(3)13-5-7-14(20-4)8-6-13/h5-8,10-12,16H,9H2,1-4H3/t12-/m0/s1. The number of nitrogens with one attached hydrogen (secondary N) is 1. The van der Waals surface area contributed by atoms with Gasteiger partial charge in [-0.05, 0) is 38.5 Å². The molecule has 0 amide bonds. The Morgan fingerprint density at radius 1 is 1.20 bits per heavy atom. The number of nitrogens with zero attached hydrogens (tertiary/aromatic N) is 3. The molecule has 0 radical (unpaired) electrons. The molecule has 0 unspecified atom stereocenters. The fourth-order valence-corrected chi connectivity index (χ4v) is 2.09. The molecule has 0 aliphatic rings. The summed E-state index contributed by atoms with van der Waals surface area (Å²) in [6, 6.07) is 8.67. The number of ether oxygens (including phenoxy) is 1. The van der Waals surface area contributed by atoms with Crippen molar-refractivity contribution in [2.75, 3.05) is 7.11 Å². The fraction of sp³-hybridized carbons (Fsp3) is 0.467. The topological polar surface area (TPSA) is 52.0 Å². The summed E-state index contributed by atoms with van der Waals surface area (Å²) in [6.07, 6.45) is 1.61. The number of hydrogen-bond acceptors (Lipinski definition) is 4. The molecule has 5 nitrogen and oxygen atoms in total. The first kappa shape index (κ1) is 14.5. The van der Waals surface area contributed by atoms with Crippen molar-refractivity contribution in [1.29, 1.82) is 0 Å². The third-order valence-corrected chi connectivity index (χ3v) is 3.32. The van der Waals surface area contributed by atoms with Crippen LogP contribution in [0.25, 0.3) is 0 Å². The Morgan fingerprint density at radius 2 is 1.90 bits per heavy atom. The SMILES string of the molecule is COc1ccc([C@H](C)NCc2ncnn2C(C)C)cc1. The van der Waals surface area contributed by atoms with Crippen LogP contribution in [0.3, 0.4) is 0 Å². The summed E-state index contributed by atoms with van der Waals surface area (Å²) in [4.78, 5) is 4.30. The molecular weight excluding hydrogens is 252 g/mol. The van der Waals surface area contributed by atoms with E-state index in [2.05, 4.69) is 48.3 Å². The summed E-state index contributed by atoms with van der Waals surface area (Å²) in [5.74, 6) is 1.83. The molecule has 20 heavy (non-hydrogen) atoms. The van der Waals surface area contributed by atoms with Gasteiger partial charge in [0, 0.05) is 12.1 Å². The van der Waals surface area contributed by atoms with Crippen molar-refractivity contribution in [3.8, 4) is 5.75 Å². The Labute approximate surface area is 120 Å². The summed E-state index contributed by atoms with van der Waals surface area (Å²) in [6.45, 7) is 7.04. The lowest BCUT2D eigenvalue weighted by atomic mass is 10.1. The quantitative estimate of drug-likeness (QED) is 0.880. The highest BCUT2D eigenvalue weighted by molar-refractivity contribution is 5.28. The van der Waals surface area contributed by atoms with Gasteiger partial charge in [-0.25, -0.2) is 9.67 Å². The van der Waals surface area contributed by atoms with E-state index in [-0.39, 0.29) is 6.04 Å². The molecule has 2 rings (SSSR count). The van der Waals surface area contributed by atoms with E-state index in [1.807, 2.05) is 16.8 Å². The van der Waals surface area contributed by atoms with E-state index in [0.717, 1.165) is 11.6 Å². The van der Waals surface area contributed by atoms with Crippen molar-refractivity contribution in [3.05, 3.63) is 42.0 Å². The molecule has 1 aromatic carbocycles. The Hall–Kier alpha value is -1.88. The number of rotatable bonds is 6. The summed E-state index contributed by atoms with van der Waals surface area (Å²) in [5, 5.41) is 7.71. The highest BCUT2D eigenvalue weighted by atomic mass is 16.5. The summed E-state index contributed by atoms with van der Waals surface area (Å²) in [5.41, 5.74) is 1.22. The van der Waals surface area contributed by atoms with Crippen LogP contribution in [0.1, 0.15) is 44.2 Å². The first-order chi connectivity index (χ1) is 9.61. The van der Waals surface area contributed by atoms with Gasteiger partial charge in [0.2, 0.25) is 0 Å². The first-order valence-electron chi connectivity index (χ1n) is 6.87. The number of hydrogen-bond donors (Lipinski definition) is 1. The highest BCUT2D eigenvalue weighted by Gasteiger charge is 2.10. The second-order valence-electron chi connectivity index (χ2n) is 5.09. The van der Waals surface area contributed by atoms with Gasteiger partial charge in [-0.2, -0.15) is 5.10 Å². The van der Waals surface area contributed by atoms with Gasteiger partial charge in [-0.1, -0.05) is 12.1 Å². The molecule has 108 valence electrons. The molecule has 0 bridgehead atoms. The van der Waals surface area contributed by atoms with Crippen molar-refractivity contribution < 1.29 is 4.74 Å². The second-order valence-corrected chi connectivity index (χ2v) is 5.09. The zero-order valence-electron chi connectivity index (χ0n) is 12.5.